The molecule has 1 saturated carbocycles. The van der Waals surface area contributed by atoms with Crippen LogP contribution in [-0.2, 0) is 0 Å². The van der Waals surface area contributed by atoms with E-state index in [1.54, 1.807) is 12.1 Å². The average molecular weight is 348 g/mol. The van der Waals surface area contributed by atoms with Crippen molar-refractivity contribution in [2.45, 2.75) is 37.0 Å². The van der Waals surface area contributed by atoms with E-state index in [0.717, 1.165) is 24.5 Å². The van der Waals surface area contributed by atoms with Crippen LogP contribution in [0.5, 0.6) is 0 Å². The highest BCUT2D eigenvalue weighted by Crippen LogP contribution is 2.44. The molecule has 0 amide bonds. The largest absolute Gasteiger partial charge is 0.412 e. The van der Waals surface area contributed by atoms with Crippen molar-refractivity contribution in [1.29, 1.82) is 0 Å². The van der Waals surface area contributed by atoms with Gasteiger partial charge in [0.05, 0.1) is 0 Å². The highest BCUT2D eigenvalue weighted by atomic mass is 35.5. The molecule has 3 atom stereocenters. The van der Waals surface area contributed by atoms with E-state index in [9.17, 15) is 13.2 Å². The number of rotatable bonds is 2. The Bertz CT molecular complexity index is 607. The molecule has 1 nitrogen and oxygen atoms in total. The Balaban J connectivity index is 1.84. The quantitative estimate of drug-likeness (QED) is 0.685. The molecule has 22 heavy (non-hydrogen) atoms. The predicted molar refractivity (Wildman–Crippen MR) is 82.0 cm³/mol. The molecule has 1 aliphatic heterocycles. The number of nitrogens with zero attached hydrogens (tertiary/aromatic N) is 1. The van der Waals surface area contributed by atoms with Crippen LogP contribution in [0.1, 0.15) is 24.3 Å². The Morgan fingerprint density at radius 1 is 1.05 bits per heavy atom. The van der Waals surface area contributed by atoms with E-state index >= 15 is 0 Å². The number of allylic oxidation sites excluding steroid dienone is 2. The fourth-order valence-corrected chi connectivity index (χ4v) is 3.36. The summed E-state index contributed by atoms with van der Waals surface area (Å²) < 4.78 is 39.8. The Morgan fingerprint density at radius 3 is 2.27 bits per heavy atom. The summed E-state index contributed by atoms with van der Waals surface area (Å²) in [6.45, 7) is 0. The summed E-state index contributed by atoms with van der Waals surface area (Å²) in [5.41, 5.74) is 1.02. The van der Waals surface area contributed by atoms with E-state index in [0.29, 0.717) is 5.02 Å². The fraction of sp³-hybridized carbons (Fsp3) is 0.375. The molecule has 2 aliphatic rings. The third-order valence-electron chi connectivity index (χ3n) is 4.30. The molecular weight excluding hydrogens is 334 g/mol. The Morgan fingerprint density at radius 2 is 1.73 bits per heavy atom. The van der Waals surface area contributed by atoms with Crippen LogP contribution in [0.15, 0.2) is 47.6 Å². The topological polar surface area (TPSA) is 3.24 Å². The fourth-order valence-electron chi connectivity index (χ4n) is 3.06. The van der Waals surface area contributed by atoms with Gasteiger partial charge in [0.2, 0.25) is 0 Å². The zero-order valence-corrected chi connectivity index (χ0v) is 13.0. The highest BCUT2D eigenvalue weighted by Gasteiger charge is 2.48. The maximum atomic E-state index is 13.3. The number of benzene rings is 1. The van der Waals surface area contributed by atoms with E-state index in [4.69, 9.17) is 23.2 Å². The molecular formula is C16H14Cl2F3N. The number of halogens is 5. The summed E-state index contributed by atoms with van der Waals surface area (Å²) in [6.07, 6.45) is 1.31. The molecule has 118 valence electrons. The normalized spacial score (nSPS) is 28.3. The summed E-state index contributed by atoms with van der Waals surface area (Å²) >= 11 is 11.6. The van der Waals surface area contributed by atoms with Gasteiger partial charge in [0.25, 0.3) is 0 Å². The molecule has 0 aromatic heterocycles. The molecule has 1 aliphatic carbocycles. The molecule has 0 bridgehead atoms. The summed E-state index contributed by atoms with van der Waals surface area (Å²) in [5, 5.41) is 0.751. The Hall–Kier alpha value is -1.13. The first kappa shape index (κ1) is 15.8. The average Bonchev–Trinajstić information content (AvgIpc) is 2.41. The second-order valence-electron chi connectivity index (χ2n) is 5.60. The zero-order chi connectivity index (χ0) is 15.9. The van der Waals surface area contributed by atoms with Crippen molar-refractivity contribution in [3.63, 3.8) is 0 Å². The van der Waals surface area contributed by atoms with Gasteiger partial charge in [-0.1, -0.05) is 35.3 Å². The van der Waals surface area contributed by atoms with Crippen LogP contribution < -0.4 is 0 Å². The zero-order valence-electron chi connectivity index (χ0n) is 11.5. The van der Waals surface area contributed by atoms with Crippen molar-refractivity contribution in [3.8, 4) is 0 Å². The highest BCUT2D eigenvalue weighted by molar-refractivity contribution is 6.31. The molecule has 0 radical (unpaired) electrons. The van der Waals surface area contributed by atoms with Gasteiger partial charge in [-0.05, 0) is 42.7 Å². The lowest BCUT2D eigenvalue weighted by Crippen LogP contribution is -2.53. The minimum atomic E-state index is -4.34. The van der Waals surface area contributed by atoms with Crippen molar-refractivity contribution >= 4 is 23.2 Å². The Kier molecular flexibility index (Phi) is 4.17. The maximum Gasteiger partial charge on any atom is 0.412 e. The molecule has 0 N–H and O–H groups in total. The standard InChI is InChI=1S/C16H14Cl2F3N/c17-11-3-1-10(2-4-11)13-5-6-14(13)22-8-7-12(18)9-15(22)16(19,20)21/h1-4,7-9,13-15H,5-6H2/t13-,14-,15?/m0/s1. The van der Waals surface area contributed by atoms with Gasteiger partial charge in [-0.25, -0.2) is 0 Å². The van der Waals surface area contributed by atoms with Crippen LogP contribution in [0.25, 0.3) is 0 Å². The summed E-state index contributed by atoms with van der Waals surface area (Å²) in [4.78, 5) is 1.38. The van der Waals surface area contributed by atoms with Crippen LogP contribution in [0, 0.1) is 0 Å². The van der Waals surface area contributed by atoms with Crippen molar-refractivity contribution in [3.05, 3.63) is 58.2 Å². The van der Waals surface area contributed by atoms with Crippen LogP contribution in [0.3, 0.4) is 0 Å². The van der Waals surface area contributed by atoms with Crippen molar-refractivity contribution in [1.82, 2.24) is 4.90 Å². The third kappa shape index (κ3) is 2.99. The van der Waals surface area contributed by atoms with Crippen LogP contribution in [0.2, 0.25) is 5.02 Å². The van der Waals surface area contributed by atoms with Crippen molar-refractivity contribution < 1.29 is 13.2 Å². The lowest BCUT2D eigenvalue weighted by molar-refractivity contribution is -0.173. The molecule has 0 saturated heterocycles. The smallest absolute Gasteiger partial charge is 0.359 e. The SMILES string of the molecule is FC(F)(F)C1C=C(Cl)C=CN1[C@H]1CC[C@H]1c1ccc(Cl)cc1. The molecule has 3 rings (SSSR count). The lowest BCUT2D eigenvalue weighted by atomic mass is 9.73. The van der Waals surface area contributed by atoms with Crippen molar-refractivity contribution in [2.75, 3.05) is 0 Å². The third-order valence-corrected chi connectivity index (χ3v) is 4.80. The molecule has 1 fully saturated rings. The summed E-state index contributed by atoms with van der Waals surface area (Å²) in [5.74, 6) is 0.0806. The van der Waals surface area contributed by atoms with Gasteiger partial charge in [-0.15, -0.1) is 0 Å². The number of hydrogen-bond acceptors (Lipinski definition) is 1. The van der Waals surface area contributed by atoms with Crippen LogP contribution >= 0.6 is 23.2 Å². The van der Waals surface area contributed by atoms with E-state index in [2.05, 4.69) is 0 Å². The van der Waals surface area contributed by atoms with Gasteiger partial charge < -0.3 is 4.90 Å². The number of alkyl halides is 3. The van der Waals surface area contributed by atoms with E-state index in [-0.39, 0.29) is 17.0 Å². The molecule has 1 aromatic carbocycles. The summed E-state index contributed by atoms with van der Waals surface area (Å²) in [6, 6.07) is 5.48. The molecule has 1 aromatic rings. The van der Waals surface area contributed by atoms with Gasteiger partial charge in [0, 0.05) is 28.2 Å². The molecule has 0 spiro atoms. The minimum absolute atomic E-state index is 0.0806. The van der Waals surface area contributed by atoms with Gasteiger partial charge in [-0.2, -0.15) is 13.2 Å². The number of hydrogen-bond donors (Lipinski definition) is 0. The lowest BCUT2D eigenvalue weighted by Gasteiger charge is -2.48. The van der Waals surface area contributed by atoms with Gasteiger partial charge in [0.15, 0.2) is 0 Å². The first-order valence-corrected chi connectivity index (χ1v) is 7.77. The van der Waals surface area contributed by atoms with Gasteiger partial charge in [0.1, 0.15) is 6.04 Å². The summed E-state index contributed by atoms with van der Waals surface area (Å²) in [7, 11) is 0. The van der Waals surface area contributed by atoms with Gasteiger partial charge in [-0.3, -0.25) is 0 Å². The second-order valence-corrected chi connectivity index (χ2v) is 6.48. The first-order valence-electron chi connectivity index (χ1n) is 7.01. The predicted octanol–water partition coefficient (Wildman–Crippen LogP) is 5.47. The molecule has 1 unspecified atom stereocenters. The van der Waals surface area contributed by atoms with E-state index in [1.807, 2.05) is 12.1 Å². The minimum Gasteiger partial charge on any atom is -0.359 e. The van der Waals surface area contributed by atoms with E-state index in [1.165, 1.54) is 17.2 Å². The molecule has 6 heteroatoms. The second kappa shape index (κ2) is 5.82. The van der Waals surface area contributed by atoms with Gasteiger partial charge >= 0.3 is 6.18 Å². The molecule has 1 heterocycles. The van der Waals surface area contributed by atoms with Crippen LogP contribution in [-0.4, -0.2) is 23.2 Å². The van der Waals surface area contributed by atoms with E-state index < -0.39 is 12.2 Å². The van der Waals surface area contributed by atoms with Crippen LogP contribution in [0.4, 0.5) is 13.2 Å². The maximum absolute atomic E-state index is 13.3. The monoisotopic (exact) mass is 347 g/mol. The van der Waals surface area contributed by atoms with Crippen molar-refractivity contribution in [2.24, 2.45) is 0 Å². The Labute approximate surface area is 137 Å². The first-order chi connectivity index (χ1) is 10.4.